The molecular formula is C8H24N2O6PtS. The number of rotatable bonds is 2. The van der Waals surface area contributed by atoms with Crippen molar-refractivity contribution in [2.24, 2.45) is 11.5 Å². The van der Waals surface area contributed by atoms with Crippen LogP contribution in [0.5, 0.6) is 0 Å². The minimum Gasteiger partial charge on any atom is -0.264 e. The average Bonchev–Trinajstić information content (AvgIpc) is 2.30. The van der Waals surface area contributed by atoms with Crippen molar-refractivity contribution in [2.75, 3.05) is 9.87 Å². The molecule has 10 heteroatoms. The van der Waals surface area contributed by atoms with E-state index in [1.807, 2.05) is 0 Å². The standard InChI is InChI=1S/C6H12.2CH4N.H2O4S.2H2O.Pt/c1-2-4-6-5-3-1;2*1-2;1-5(2,3)4;;;/h1-6H2;2*1-2H2;(H2,1,2,3,4);2*1H2;/q;;;;;;+2/p-2. The van der Waals surface area contributed by atoms with Gasteiger partial charge in [-0.25, -0.2) is 0 Å². The maximum absolute atomic E-state index is 8.74. The number of hydrogen-bond donors (Lipinski definition) is 6. The Balaban J connectivity index is 0. The molecule has 8 nitrogen and oxygen atoms in total. The fraction of sp³-hybridized carbons (Fsp3) is 1.00. The van der Waals surface area contributed by atoms with Gasteiger partial charge in [-0.2, -0.15) is 8.42 Å². The largest absolute Gasteiger partial charge is 0.394 e. The first-order valence-corrected chi connectivity index (χ1v) is 11.9. The summed E-state index contributed by atoms with van der Waals surface area (Å²) in [5.41, 5.74) is 9.83. The Kier molecular flexibility index (Phi) is 12.9. The molecule has 1 aliphatic carbocycles. The third-order valence-electron chi connectivity index (χ3n) is 1.91. The second-order valence-corrected chi connectivity index (χ2v) is 10.7. The molecular weight excluding hydrogens is 447 g/mol. The van der Waals surface area contributed by atoms with E-state index in [0.717, 1.165) is 0 Å². The van der Waals surface area contributed by atoms with E-state index in [1.165, 1.54) is 38.5 Å². The Morgan fingerprint density at radius 2 is 1.00 bits per heavy atom. The van der Waals surface area contributed by atoms with Crippen LogP contribution in [0.3, 0.4) is 0 Å². The molecule has 0 aromatic heterocycles. The van der Waals surface area contributed by atoms with Crippen molar-refractivity contribution in [3.63, 3.8) is 0 Å². The quantitative estimate of drug-likeness (QED) is 0.293. The molecule has 118 valence electrons. The van der Waals surface area contributed by atoms with Crippen LogP contribution in [0.2, 0.25) is 0 Å². The van der Waals surface area contributed by atoms with Crippen molar-refractivity contribution in [3.05, 3.63) is 0 Å². The molecule has 8 N–H and O–H groups in total. The predicted molar refractivity (Wildman–Crippen MR) is 64.4 cm³/mol. The van der Waals surface area contributed by atoms with Gasteiger partial charge < -0.3 is 0 Å². The van der Waals surface area contributed by atoms with Gasteiger partial charge >= 0.3 is 56.1 Å². The third-order valence-corrected chi connectivity index (χ3v) is 4.88. The van der Waals surface area contributed by atoms with Crippen LogP contribution in [-0.4, -0.2) is 34.9 Å². The van der Waals surface area contributed by atoms with E-state index in [0.29, 0.717) is 0 Å². The van der Waals surface area contributed by atoms with Gasteiger partial charge in [-0.1, -0.05) is 38.5 Å². The third kappa shape index (κ3) is 25.3. The van der Waals surface area contributed by atoms with E-state index < -0.39 is 27.2 Å². The summed E-state index contributed by atoms with van der Waals surface area (Å²) < 4.78 is 48.8. The molecule has 0 spiro atoms. The Hall–Kier alpha value is 0.398. The molecule has 0 amide bonds. The van der Waals surface area contributed by atoms with Crippen LogP contribution in [0.1, 0.15) is 38.5 Å². The van der Waals surface area contributed by atoms with Crippen molar-refractivity contribution in [3.8, 4) is 0 Å². The summed E-state index contributed by atoms with van der Waals surface area (Å²) in [5, 5.41) is 0. The van der Waals surface area contributed by atoms with Gasteiger partial charge in [0.1, 0.15) is 0 Å². The molecule has 0 aromatic carbocycles. The zero-order valence-electron chi connectivity index (χ0n) is 10.1. The van der Waals surface area contributed by atoms with Gasteiger partial charge in [0.25, 0.3) is 0 Å². The molecule has 0 saturated heterocycles. The van der Waals surface area contributed by atoms with Crippen molar-refractivity contribution in [1.29, 1.82) is 0 Å². The molecule has 0 aromatic rings. The summed E-state index contributed by atoms with van der Waals surface area (Å²) in [6, 6.07) is 0. The first kappa shape index (κ1) is 20.7. The van der Waals surface area contributed by atoms with E-state index in [9.17, 15) is 0 Å². The smallest absolute Gasteiger partial charge is 0.264 e. The van der Waals surface area contributed by atoms with Gasteiger partial charge in [-0.15, -0.1) is 0 Å². The van der Waals surface area contributed by atoms with Crippen LogP contribution < -0.4 is 11.5 Å². The summed E-state index contributed by atoms with van der Waals surface area (Å²) in [6.07, 6.45) is 9.00. The SMILES string of the molecule is C1CCCCC1.N[CH2][Pt]([OH])([OH])[CH2]N.O=S(=O)(O)O. The van der Waals surface area contributed by atoms with Gasteiger partial charge in [0.15, 0.2) is 0 Å². The number of hydrogen-bond acceptors (Lipinski definition) is 6. The van der Waals surface area contributed by atoms with Crippen molar-refractivity contribution < 1.29 is 41.9 Å². The Morgan fingerprint density at radius 3 is 1.06 bits per heavy atom. The fourth-order valence-corrected chi connectivity index (χ4v) is 1.49. The van der Waals surface area contributed by atoms with Crippen molar-refractivity contribution in [1.82, 2.24) is 0 Å². The van der Waals surface area contributed by atoms with Crippen LogP contribution in [-0.2, 0) is 27.2 Å². The first-order valence-electron chi connectivity index (χ1n) is 5.25. The summed E-state index contributed by atoms with van der Waals surface area (Å²) in [7, 11) is -4.67. The maximum Gasteiger partial charge on any atom is 0.394 e. The van der Waals surface area contributed by atoms with Gasteiger partial charge in [0.2, 0.25) is 0 Å². The van der Waals surface area contributed by atoms with Crippen molar-refractivity contribution >= 4 is 10.4 Å². The Morgan fingerprint density at radius 1 is 0.833 bits per heavy atom. The van der Waals surface area contributed by atoms with Gasteiger partial charge in [0, 0.05) is 0 Å². The molecule has 1 aliphatic rings. The zero-order chi connectivity index (χ0) is 14.7. The number of nitrogens with two attached hydrogens (primary N) is 2. The molecule has 1 fully saturated rings. The molecule has 1 saturated carbocycles. The van der Waals surface area contributed by atoms with Crippen LogP contribution in [0, 0.1) is 0 Å². The van der Waals surface area contributed by atoms with Gasteiger partial charge in [-0.3, -0.25) is 9.11 Å². The summed E-state index contributed by atoms with van der Waals surface area (Å²) in [6.45, 7) is 0. The molecule has 0 unspecified atom stereocenters. The fourth-order valence-electron chi connectivity index (χ4n) is 1.11. The Bertz CT molecular complexity index is 256. The van der Waals surface area contributed by atoms with Crippen LogP contribution in [0.15, 0.2) is 0 Å². The van der Waals surface area contributed by atoms with E-state index in [2.05, 4.69) is 0 Å². The second kappa shape index (κ2) is 11.2. The molecule has 0 bridgehead atoms. The molecule has 18 heavy (non-hydrogen) atoms. The van der Waals surface area contributed by atoms with E-state index in [1.54, 1.807) is 0 Å². The first-order chi connectivity index (χ1) is 8.12. The van der Waals surface area contributed by atoms with Gasteiger partial charge in [0.05, 0.1) is 0 Å². The predicted octanol–water partition coefficient (Wildman–Crippen LogP) is -0.525. The van der Waals surface area contributed by atoms with E-state index in [4.69, 9.17) is 36.5 Å². The van der Waals surface area contributed by atoms with E-state index in [-0.39, 0.29) is 9.87 Å². The Labute approximate surface area is 112 Å². The van der Waals surface area contributed by atoms with Gasteiger partial charge in [-0.05, 0) is 0 Å². The maximum atomic E-state index is 8.74. The van der Waals surface area contributed by atoms with Crippen molar-refractivity contribution in [2.45, 2.75) is 38.5 Å². The molecule has 1 rings (SSSR count). The molecule has 0 heterocycles. The topological polar surface area (TPSA) is 167 Å². The summed E-state index contributed by atoms with van der Waals surface area (Å²) >= 11 is -3.47. The minimum absolute atomic E-state index is 0.0382. The second-order valence-electron chi connectivity index (χ2n) is 3.45. The normalized spacial score (nSPS) is 16.8. The summed E-state index contributed by atoms with van der Waals surface area (Å²) in [5.74, 6) is 0. The monoisotopic (exact) mass is 471 g/mol. The molecule has 0 aliphatic heterocycles. The zero-order valence-corrected chi connectivity index (χ0v) is 13.2. The molecule has 0 atom stereocenters. The van der Waals surface area contributed by atoms with Crippen LogP contribution in [0.25, 0.3) is 0 Å². The summed E-state index contributed by atoms with van der Waals surface area (Å²) in [4.78, 5) is -0.0764. The molecule has 0 radical (unpaired) electrons. The van der Waals surface area contributed by atoms with E-state index >= 15 is 0 Å². The minimum atomic E-state index is -4.67. The average molecular weight is 471 g/mol. The van der Waals surface area contributed by atoms with Crippen LogP contribution >= 0.6 is 0 Å². The van der Waals surface area contributed by atoms with Crippen LogP contribution in [0.4, 0.5) is 0 Å².